The van der Waals surface area contributed by atoms with Crippen LogP contribution in [0, 0.1) is 0 Å². The summed E-state index contributed by atoms with van der Waals surface area (Å²) in [5.74, 6) is 0. The third-order valence-corrected chi connectivity index (χ3v) is 0.994. The molecule has 3 heteroatoms. The Morgan fingerprint density at radius 2 is 1.00 bits per heavy atom. The normalized spacial score (nSPS) is 10.0. The summed E-state index contributed by atoms with van der Waals surface area (Å²) in [7, 11) is 8.35. The molecule has 9 heavy (non-hydrogen) atoms. The van der Waals surface area contributed by atoms with Gasteiger partial charge in [0.1, 0.15) is 0 Å². The molecule has 0 aromatic carbocycles. The summed E-state index contributed by atoms with van der Waals surface area (Å²) < 4.78 is 0. The molecule has 0 atom stereocenters. The van der Waals surface area contributed by atoms with E-state index in [4.69, 9.17) is 0 Å². The van der Waals surface area contributed by atoms with E-state index in [1.54, 1.807) is 0 Å². The van der Waals surface area contributed by atoms with Gasteiger partial charge in [-0.25, -0.2) is 0 Å². The van der Waals surface area contributed by atoms with Gasteiger partial charge in [-0.2, -0.15) is 0 Å². The molecule has 0 fully saturated rings. The number of hydrogen-bond donors (Lipinski definition) is 0. The highest BCUT2D eigenvalue weighted by Gasteiger charge is 1.89. The maximum Gasteiger partial charge on any atom is 0.0103 e. The Labute approximate surface area is 56.8 Å². The first-order valence-corrected chi connectivity index (χ1v) is 2.92. The highest BCUT2D eigenvalue weighted by molar-refractivity contribution is 4.45. The van der Waals surface area contributed by atoms with Crippen molar-refractivity contribution >= 4 is 0 Å². The third kappa shape index (κ3) is 11.4. The average Bonchev–Trinajstić information content (AvgIpc) is 1.61. The zero-order valence-corrected chi connectivity index (χ0v) is 6.72. The predicted molar refractivity (Wildman–Crippen MR) is 39.6 cm³/mol. The first-order valence-electron chi connectivity index (χ1n) is 2.92. The van der Waals surface area contributed by atoms with Crippen LogP contribution in [0.2, 0.25) is 0 Å². The van der Waals surface area contributed by atoms with Crippen LogP contribution in [0.15, 0.2) is 0 Å². The van der Waals surface area contributed by atoms with Gasteiger partial charge in [0.05, 0.1) is 0 Å². The number of rotatable bonds is 3. The highest BCUT2D eigenvalue weighted by atomic mass is 19.0. The molecule has 0 aliphatic rings. The van der Waals surface area contributed by atoms with Crippen molar-refractivity contribution in [2.24, 2.45) is 0 Å². The van der Waals surface area contributed by atoms with Crippen LogP contribution in [0.25, 0.3) is 0 Å². The van der Waals surface area contributed by atoms with Gasteiger partial charge in [0, 0.05) is 13.1 Å². The van der Waals surface area contributed by atoms with Gasteiger partial charge in [-0.1, -0.05) is 0 Å². The Bertz CT molecular complexity index is 47.0. The molecular weight excluding hydrogens is 119 g/mol. The monoisotopic (exact) mass is 136 g/mol. The lowest BCUT2D eigenvalue weighted by Gasteiger charge is -2.13. The molecule has 0 radical (unpaired) electrons. The summed E-state index contributed by atoms with van der Waals surface area (Å²) in [6.07, 6.45) is 0. The second-order valence-electron chi connectivity index (χ2n) is 2.61. The van der Waals surface area contributed by atoms with Gasteiger partial charge >= 0.3 is 0 Å². The molecule has 0 aromatic rings. The van der Waals surface area contributed by atoms with E-state index in [1.807, 2.05) is 0 Å². The van der Waals surface area contributed by atoms with Crippen LogP contribution in [0.5, 0.6) is 0 Å². The highest BCUT2D eigenvalue weighted by Crippen LogP contribution is 1.76. The fraction of sp³-hybridized carbons (Fsp3) is 1.00. The van der Waals surface area contributed by atoms with Crippen molar-refractivity contribution in [3.63, 3.8) is 0 Å². The van der Waals surface area contributed by atoms with Crippen molar-refractivity contribution in [2.45, 2.75) is 0 Å². The molecule has 0 unspecified atom stereocenters. The van der Waals surface area contributed by atoms with E-state index < -0.39 is 0 Å². The lowest BCUT2D eigenvalue weighted by atomic mass is 10.5. The van der Waals surface area contributed by atoms with Gasteiger partial charge in [0.15, 0.2) is 0 Å². The number of hydrogen-bond acceptors (Lipinski definition) is 2. The molecule has 0 N–H and O–H groups in total. The summed E-state index contributed by atoms with van der Waals surface area (Å²) in [5, 5.41) is 0. The largest absolute Gasteiger partial charge is 0.308 e. The number of nitrogens with zero attached hydrogens (tertiary/aromatic N) is 2. The Morgan fingerprint density at radius 3 is 1.11 bits per heavy atom. The topological polar surface area (TPSA) is 6.48 Å². The fourth-order valence-corrected chi connectivity index (χ4v) is 0.400. The van der Waals surface area contributed by atoms with Crippen LogP contribution in [-0.2, 0) is 0 Å². The molecule has 0 spiro atoms. The van der Waals surface area contributed by atoms with Crippen molar-refractivity contribution in [1.82, 2.24) is 9.80 Å². The molecule has 0 aliphatic carbocycles. The van der Waals surface area contributed by atoms with Gasteiger partial charge < -0.3 is 9.80 Å². The minimum absolute atomic E-state index is 0. The van der Waals surface area contributed by atoms with Gasteiger partial charge in [-0.3, -0.25) is 4.70 Å². The molecule has 58 valence electrons. The Hall–Kier alpha value is -0.150. The molecule has 0 amide bonds. The molecular formula is C6H17FN2. The molecule has 0 heterocycles. The van der Waals surface area contributed by atoms with Crippen LogP contribution < -0.4 is 0 Å². The molecule has 0 aliphatic heterocycles. The summed E-state index contributed by atoms with van der Waals surface area (Å²) in [5.41, 5.74) is 0. The Kier molecular flexibility index (Phi) is 7.72. The van der Waals surface area contributed by atoms with Crippen molar-refractivity contribution in [2.75, 3.05) is 41.3 Å². The van der Waals surface area contributed by atoms with Gasteiger partial charge in [0.25, 0.3) is 0 Å². The van der Waals surface area contributed by atoms with E-state index in [0.717, 1.165) is 13.1 Å². The first kappa shape index (κ1) is 11.6. The number of halogens is 1. The third-order valence-electron chi connectivity index (χ3n) is 0.994. The molecule has 0 saturated heterocycles. The lowest BCUT2D eigenvalue weighted by Crippen LogP contribution is -2.25. The van der Waals surface area contributed by atoms with Gasteiger partial charge in [-0.15, -0.1) is 0 Å². The molecule has 0 rings (SSSR count). The van der Waals surface area contributed by atoms with Crippen molar-refractivity contribution in [3.05, 3.63) is 0 Å². The summed E-state index contributed by atoms with van der Waals surface area (Å²) in [6, 6.07) is 0. The second kappa shape index (κ2) is 5.98. The standard InChI is InChI=1S/C6H16N2.FH/c1-7(2)5-6-8(3)4;/h5-6H2,1-4H3;1H. The van der Waals surface area contributed by atoms with Gasteiger partial charge in [0.2, 0.25) is 0 Å². The lowest BCUT2D eigenvalue weighted by molar-refractivity contribution is 0.320. The maximum absolute atomic E-state index is 2.18. The first-order chi connectivity index (χ1) is 3.63. The Morgan fingerprint density at radius 1 is 0.778 bits per heavy atom. The van der Waals surface area contributed by atoms with Crippen molar-refractivity contribution in [3.8, 4) is 0 Å². The van der Waals surface area contributed by atoms with E-state index in [9.17, 15) is 0 Å². The number of likely N-dealkylation sites (N-methyl/N-ethyl adjacent to an activating group) is 2. The molecule has 0 bridgehead atoms. The van der Waals surface area contributed by atoms with Crippen molar-refractivity contribution in [1.29, 1.82) is 0 Å². The SMILES string of the molecule is CN(C)CCN(C)C.F. The van der Waals surface area contributed by atoms with Crippen LogP contribution in [0.4, 0.5) is 4.70 Å². The molecule has 0 saturated carbocycles. The van der Waals surface area contributed by atoms with Crippen LogP contribution in [0.1, 0.15) is 0 Å². The van der Waals surface area contributed by atoms with Crippen LogP contribution >= 0.6 is 0 Å². The second-order valence-corrected chi connectivity index (χ2v) is 2.61. The Balaban J connectivity index is 0. The van der Waals surface area contributed by atoms with E-state index in [-0.39, 0.29) is 4.70 Å². The average molecular weight is 136 g/mol. The quantitative estimate of drug-likeness (QED) is 0.549. The van der Waals surface area contributed by atoms with Crippen molar-refractivity contribution < 1.29 is 4.70 Å². The zero-order valence-electron chi connectivity index (χ0n) is 6.72. The van der Waals surface area contributed by atoms with E-state index in [0.29, 0.717) is 0 Å². The summed E-state index contributed by atoms with van der Waals surface area (Å²) >= 11 is 0. The van der Waals surface area contributed by atoms with E-state index in [1.165, 1.54) is 0 Å². The van der Waals surface area contributed by atoms with Crippen LogP contribution in [-0.4, -0.2) is 51.1 Å². The molecule has 0 aromatic heterocycles. The minimum Gasteiger partial charge on any atom is -0.308 e. The zero-order chi connectivity index (χ0) is 6.57. The smallest absolute Gasteiger partial charge is 0.0103 e. The minimum atomic E-state index is 0. The summed E-state index contributed by atoms with van der Waals surface area (Å²) in [6.45, 7) is 2.29. The fourth-order valence-electron chi connectivity index (χ4n) is 0.400. The maximum atomic E-state index is 2.18. The molecule has 2 nitrogen and oxygen atoms in total. The summed E-state index contributed by atoms with van der Waals surface area (Å²) in [4.78, 5) is 4.36. The van der Waals surface area contributed by atoms with Gasteiger partial charge in [-0.05, 0) is 28.2 Å². The van der Waals surface area contributed by atoms with Crippen LogP contribution in [0.3, 0.4) is 0 Å². The predicted octanol–water partition coefficient (Wildman–Crippen LogP) is 0.262. The van der Waals surface area contributed by atoms with E-state index >= 15 is 0 Å². The van der Waals surface area contributed by atoms with E-state index in [2.05, 4.69) is 38.0 Å².